The predicted molar refractivity (Wildman–Crippen MR) is 87.8 cm³/mol. The zero-order valence-electron chi connectivity index (χ0n) is 13.6. The first-order chi connectivity index (χ1) is 11.0. The summed E-state index contributed by atoms with van der Waals surface area (Å²) in [6, 6.07) is 7.64. The van der Waals surface area contributed by atoms with Gasteiger partial charge in [-0.05, 0) is 38.6 Å². The number of ether oxygens (including phenoxy) is 1. The third-order valence-electron chi connectivity index (χ3n) is 3.39. The third-order valence-corrected chi connectivity index (χ3v) is 3.39. The average molecular weight is 315 g/mol. The van der Waals surface area contributed by atoms with Crippen LogP contribution in [0.3, 0.4) is 0 Å². The monoisotopic (exact) mass is 315 g/mol. The molecule has 1 aromatic carbocycles. The lowest BCUT2D eigenvalue weighted by Crippen LogP contribution is -2.16. The molecule has 6 heteroatoms. The molecule has 6 nitrogen and oxygen atoms in total. The first-order valence-corrected chi connectivity index (χ1v) is 7.43. The molecule has 122 valence electrons. The summed E-state index contributed by atoms with van der Waals surface area (Å²) in [5.74, 6) is -1.09. The molecule has 0 unspecified atom stereocenters. The quantitative estimate of drug-likeness (QED) is 0.791. The molecule has 2 aromatic rings. The summed E-state index contributed by atoms with van der Waals surface area (Å²) in [4.78, 5) is 21.8. The molecule has 1 N–H and O–H groups in total. The number of carboxylic acids is 1. The highest BCUT2D eigenvalue weighted by atomic mass is 16.5. The number of rotatable bonds is 7. The second-order valence-electron chi connectivity index (χ2n) is 5.54. The molecule has 0 saturated heterocycles. The molecule has 0 aliphatic carbocycles. The van der Waals surface area contributed by atoms with Gasteiger partial charge in [0, 0.05) is 18.3 Å². The van der Waals surface area contributed by atoms with Crippen LogP contribution in [-0.2, 0) is 0 Å². The molecule has 2 rings (SSSR count). The van der Waals surface area contributed by atoms with Gasteiger partial charge >= 0.3 is 12.0 Å². The fourth-order valence-electron chi connectivity index (χ4n) is 2.21. The van der Waals surface area contributed by atoms with Crippen molar-refractivity contribution in [2.75, 3.05) is 27.2 Å². The van der Waals surface area contributed by atoms with Crippen molar-refractivity contribution < 1.29 is 14.6 Å². The Morgan fingerprint density at radius 3 is 2.65 bits per heavy atom. The van der Waals surface area contributed by atoms with Crippen LogP contribution in [-0.4, -0.2) is 53.2 Å². The normalized spacial score (nSPS) is 10.8. The van der Waals surface area contributed by atoms with Gasteiger partial charge in [-0.15, -0.1) is 0 Å². The standard InChI is InChI=1S/C17H21N3O3/c1-12-7-4-5-8-13(12)14-11-18-17(19-15(14)16(21)22)23-10-6-9-20(2)3/h4-5,7-8,11H,6,9-10H2,1-3H3,(H,21,22). The van der Waals surface area contributed by atoms with Crippen LogP contribution in [0, 0.1) is 6.92 Å². The van der Waals surface area contributed by atoms with E-state index in [-0.39, 0.29) is 11.7 Å². The zero-order chi connectivity index (χ0) is 16.8. The Labute approximate surface area is 135 Å². The molecule has 0 atom stereocenters. The van der Waals surface area contributed by atoms with E-state index in [2.05, 4.69) is 9.97 Å². The van der Waals surface area contributed by atoms with E-state index < -0.39 is 5.97 Å². The Balaban J connectivity index is 2.22. The van der Waals surface area contributed by atoms with Crippen molar-refractivity contribution >= 4 is 5.97 Å². The van der Waals surface area contributed by atoms with Crippen LogP contribution in [0.25, 0.3) is 11.1 Å². The van der Waals surface area contributed by atoms with E-state index in [0.717, 1.165) is 24.1 Å². The van der Waals surface area contributed by atoms with Crippen LogP contribution in [0.1, 0.15) is 22.5 Å². The van der Waals surface area contributed by atoms with Gasteiger partial charge in [-0.25, -0.2) is 9.78 Å². The van der Waals surface area contributed by atoms with Crippen LogP contribution < -0.4 is 4.74 Å². The van der Waals surface area contributed by atoms with Crippen LogP contribution in [0.5, 0.6) is 6.01 Å². The van der Waals surface area contributed by atoms with Crippen LogP contribution in [0.4, 0.5) is 0 Å². The van der Waals surface area contributed by atoms with E-state index in [1.807, 2.05) is 50.2 Å². The minimum Gasteiger partial charge on any atom is -0.476 e. The molecule has 0 amide bonds. The number of aromatic carboxylic acids is 1. The van der Waals surface area contributed by atoms with Gasteiger partial charge in [0.15, 0.2) is 5.69 Å². The highest BCUT2D eigenvalue weighted by Gasteiger charge is 2.17. The lowest BCUT2D eigenvalue weighted by atomic mass is 10.0. The summed E-state index contributed by atoms with van der Waals surface area (Å²) in [5.41, 5.74) is 2.23. The van der Waals surface area contributed by atoms with Crippen LogP contribution >= 0.6 is 0 Å². The van der Waals surface area contributed by atoms with E-state index >= 15 is 0 Å². The van der Waals surface area contributed by atoms with Crippen LogP contribution in [0.2, 0.25) is 0 Å². The SMILES string of the molecule is Cc1ccccc1-c1cnc(OCCCN(C)C)nc1C(=O)O. The summed E-state index contributed by atoms with van der Waals surface area (Å²) in [7, 11) is 3.96. The van der Waals surface area contributed by atoms with Crippen molar-refractivity contribution in [2.45, 2.75) is 13.3 Å². The number of aromatic nitrogens is 2. The molecule has 23 heavy (non-hydrogen) atoms. The Bertz CT molecular complexity index is 687. The van der Waals surface area contributed by atoms with Crippen molar-refractivity contribution in [3.63, 3.8) is 0 Å². The highest BCUT2D eigenvalue weighted by Crippen LogP contribution is 2.26. The van der Waals surface area contributed by atoms with Gasteiger partial charge in [0.2, 0.25) is 0 Å². The number of aryl methyl sites for hydroxylation is 1. The summed E-state index contributed by atoms with van der Waals surface area (Å²) < 4.78 is 5.46. The van der Waals surface area contributed by atoms with Crippen molar-refractivity contribution in [1.29, 1.82) is 0 Å². The maximum absolute atomic E-state index is 11.5. The lowest BCUT2D eigenvalue weighted by Gasteiger charge is -2.11. The zero-order valence-corrected chi connectivity index (χ0v) is 13.6. The Kier molecular flexibility index (Phi) is 5.65. The van der Waals surface area contributed by atoms with Gasteiger partial charge in [0.1, 0.15) is 0 Å². The first kappa shape index (κ1) is 16.9. The first-order valence-electron chi connectivity index (χ1n) is 7.43. The minimum atomic E-state index is -1.09. The smallest absolute Gasteiger partial charge is 0.355 e. The van der Waals surface area contributed by atoms with Gasteiger partial charge < -0.3 is 14.7 Å². The van der Waals surface area contributed by atoms with Gasteiger partial charge in [0.05, 0.1) is 6.61 Å². The second kappa shape index (κ2) is 7.69. The molecule has 1 aromatic heterocycles. The maximum Gasteiger partial charge on any atom is 0.355 e. The number of nitrogens with zero attached hydrogens (tertiary/aromatic N) is 3. The second-order valence-corrected chi connectivity index (χ2v) is 5.54. The summed E-state index contributed by atoms with van der Waals surface area (Å²) in [5, 5.41) is 9.43. The van der Waals surface area contributed by atoms with Crippen molar-refractivity contribution in [2.24, 2.45) is 0 Å². The third kappa shape index (κ3) is 4.50. The molecule has 0 fully saturated rings. The highest BCUT2D eigenvalue weighted by molar-refractivity contribution is 5.94. The summed E-state index contributed by atoms with van der Waals surface area (Å²) in [6.45, 7) is 3.25. The Morgan fingerprint density at radius 1 is 1.26 bits per heavy atom. The summed E-state index contributed by atoms with van der Waals surface area (Å²) in [6.07, 6.45) is 2.33. The molecule has 0 aliphatic rings. The van der Waals surface area contributed by atoms with E-state index in [0.29, 0.717) is 12.2 Å². The van der Waals surface area contributed by atoms with Crippen molar-refractivity contribution in [1.82, 2.24) is 14.9 Å². The van der Waals surface area contributed by atoms with E-state index in [1.54, 1.807) is 0 Å². The van der Waals surface area contributed by atoms with Crippen molar-refractivity contribution in [3.05, 3.63) is 41.7 Å². The number of benzene rings is 1. The van der Waals surface area contributed by atoms with Gasteiger partial charge in [-0.3, -0.25) is 0 Å². The number of carbonyl (C=O) groups is 1. The van der Waals surface area contributed by atoms with E-state index in [9.17, 15) is 9.90 Å². The number of hydrogen-bond donors (Lipinski definition) is 1. The largest absolute Gasteiger partial charge is 0.476 e. The molecule has 0 spiro atoms. The number of hydrogen-bond acceptors (Lipinski definition) is 5. The average Bonchev–Trinajstić information content (AvgIpc) is 2.52. The Hall–Kier alpha value is -2.47. The van der Waals surface area contributed by atoms with Gasteiger partial charge in [-0.1, -0.05) is 24.3 Å². The predicted octanol–water partition coefficient (Wildman–Crippen LogP) is 2.48. The molecule has 0 bridgehead atoms. The fraction of sp³-hybridized carbons (Fsp3) is 0.353. The van der Waals surface area contributed by atoms with E-state index in [1.165, 1.54) is 6.20 Å². The van der Waals surface area contributed by atoms with Gasteiger partial charge in [-0.2, -0.15) is 4.98 Å². The minimum absolute atomic E-state index is 0.0445. The Morgan fingerprint density at radius 2 is 2.00 bits per heavy atom. The maximum atomic E-state index is 11.5. The molecular weight excluding hydrogens is 294 g/mol. The van der Waals surface area contributed by atoms with Crippen LogP contribution in [0.15, 0.2) is 30.5 Å². The fourth-order valence-corrected chi connectivity index (χ4v) is 2.21. The topological polar surface area (TPSA) is 75.5 Å². The number of carboxylic acid groups (broad SMARTS) is 1. The molecule has 0 radical (unpaired) electrons. The summed E-state index contributed by atoms with van der Waals surface area (Å²) >= 11 is 0. The van der Waals surface area contributed by atoms with E-state index in [4.69, 9.17) is 4.74 Å². The van der Waals surface area contributed by atoms with Gasteiger partial charge in [0.25, 0.3) is 0 Å². The molecule has 1 heterocycles. The molecular formula is C17H21N3O3. The molecule has 0 saturated carbocycles. The molecule has 0 aliphatic heterocycles. The lowest BCUT2D eigenvalue weighted by molar-refractivity contribution is 0.0689. The van der Waals surface area contributed by atoms with Crippen molar-refractivity contribution in [3.8, 4) is 17.1 Å².